The Balaban J connectivity index is 1.65. The number of hydrogen-bond acceptors (Lipinski definition) is 8. The highest BCUT2D eigenvalue weighted by molar-refractivity contribution is 7.86. The molecule has 0 saturated heterocycles. The van der Waals surface area contributed by atoms with Crippen molar-refractivity contribution in [2.45, 2.75) is 4.90 Å². The molecule has 1 aliphatic heterocycles. The zero-order valence-electron chi connectivity index (χ0n) is 18.2. The summed E-state index contributed by atoms with van der Waals surface area (Å²) in [6.45, 7) is 0. The fourth-order valence-corrected chi connectivity index (χ4v) is 6.72. The third-order valence-electron chi connectivity index (χ3n) is 5.83. The van der Waals surface area contributed by atoms with E-state index >= 15 is 0 Å². The van der Waals surface area contributed by atoms with Crippen molar-refractivity contribution in [3.05, 3.63) is 66.7 Å². The zero-order valence-corrected chi connectivity index (χ0v) is 19.9. The summed E-state index contributed by atoms with van der Waals surface area (Å²) in [7, 11) is -6.96. The number of azo groups is 1. The third-order valence-corrected chi connectivity index (χ3v) is 8.74. The van der Waals surface area contributed by atoms with Crippen molar-refractivity contribution in [2.75, 3.05) is 17.7 Å². The van der Waals surface area contributed by atoms with Crippen LogP contribution in [0.15, 0.2) is 81.9 Å². The van der Waals surface area contributed by atoms with E-state index in [1.807, 2.05) is 0 Å². The van der Waals surface area contributed by atoms with Gasteiger partial charge in [0.2, 0.25) is 0 Å². The Morgan fingerprint density at radius 2 is 1.66 bits per heavy atom. The number of phenolic OH excluding ortho intramolecular Hbond substituents is 1. The van der Waals surface area contributed by atoms with Crippen LogP contribution in [0.1, 0.15) is 0 Å². The zero-order chi connectivity index (χ0) is 25.1. The highest BCUT2D eigenvalue weighted by Crippen LogP contribution is 2.50. The van der Waals surface area contributed by atoms with Gasteiger partial charge >= 0.3 is 0 Å². The summed E-state index contributed by atoms with van der Waals surface area (Å²) >= 11 is 0. The van der Waals surface area contributed by atoms with Gasteiger partial charge in [-0.3, -0.25) is 9.12 Å². The second kappa shape index (κ2) is 7.89. The van der Waals surface area contributed by atoms with E-state index in [-0.39, 0.29) is 27.1 Å². The summed E-state index contributed by atoms with van der Waals surface area (Å²) in [5, 5.41) is 19.6. The molecule has 5 N–H and O–H groups in total. The molecule has 5 rings (SSSR count). The minimum Gasteiger partial charge on any atom is -0.505 e. The van der Waals surface area contributed by atoms with Crippen LogP contribution in [-0.4, -0.2) is 30.0 Å². The van der Waals surface area contributed by atoms with Gasteiger partial charge in [-0.2, -0.15) is 13.5 Å². The van der Waals surface area contributed by atoms with Gasteiger partial charge in [-0.25, -0.2) is 0 Å². The molecule has 0 spiro atoms. The van der Waals surface area contributed by atoms with E-state index < -0.39 is 33.8 Å². The molecule has 4 aromatic carbocycles. The molecule has 12 heteroatoms. The van der Waals surface area contributed by atoms with Crippen molar-refractivity contribution in [2.24, 2.45) is 10.2 Å². The molecule has 10 nitrogen and oxygen atoms in total. The van der Waals surface area contributed by atoms with Gasteiger partial charge in [0.25, 0.3) is 17.5 Å². The van der Waals surface area contributed by atoms with Crippen LogP contribution in [0.25, 0.3) is 10.8 Å². The first-order valence-electron chi connectivity index (χ1n) is 10.2. The number of nitrogen functional groups attached to an aromatic ring is 1. The van der Waals surface area contributed by atoms with Gasteiger partial charge < -0.3 is 20.6 Å². The smallest absolute Gasteiger partial charge is 0.296 e. The lowest BCUT2D eigenvalue weighted by Crippen LogP contribution is -2.32. The molecule has 1 aliphatic rings. The number of phenols is 1. The fourth-order valence-electron chi connectivity index (χ4n) is 4.14. The second-order valence-electron chi connectivity index (χ2n) is 8.02. The Morgan fingerprint density at radius 1 is 0.943 bits per heavy atom. The molecule has 0 amide bonds. The van der Waals surface area contributed by atoms with Gasteiger partial charge in [-0.1, -0.05) is 12.1 Å². The molecule has 178 valence electrons. The molecule has 0 radical (unpaired) electrons. The lowest BCUT2D eigenvalue weighted by Gasteiger charge is -2.32. The number of para-hydroxylation sites is 1. The molecule has 4 aromatic rings. The van der Waals surface area contributed by atoms with E-state index in [9.17, 15) is 27.5 Å². The Morgan fingerprint density at radius 3 is 2.40 bits per heavy atom. The van der Waals surface area contributed by atoms with Crippen LogP contribution in [0.3, 0.4) is 0 Å². The average molecular weight is 510 g/mol. The lowest BCUT2D eigenvalue weighted by molar-refractivity contribution is 0.472. The molecule has 0 saturated carbocycles. The summed E-state index contributed by atoms with van der Waals surface area (Å²) in [5.41, 5.74) is 6.87. The summed E-state index contributed by atoms with van der Waals surface area (Å²) in [6.07, 6.45) is 0. The average Bonchev–Trinajstić information content (AvgIpc) is 2.81. The summed E-state index contributed by atoms with van der Waals surface area (Å²) in [6, 6.07) is 16.9. The van der Waals surface area contributed by atoms with E-state index in [2.05, 4.69) is 10.2 Å². The van der Waals surface area contributed by atoms with Crippen LogP contribution in [0.4, 0.5) is 28.4 Å². The summed E-state index contributed by atoms with van der Waals surface area (Å²) < 4.78 is 47.1. The van der Waals surface area contributed by atoms with E-state index in [1.165, 1.54) is 24.3 Å². The second-order valence-corrected chi connectivity index (χ2v) is 11.5. The minimum atomic E-state index is -4.78. The summed E-state index contributed by atoms with van der Waals surface area (Å²) in [5.74, 6) is -0.515. The van der Waals surface area contributed by atoms with Crippen molar-refractivity contribution in [1.29, 1.82) is 0 Å². The number of nitrogens with zero attached hydrogens (tertiary/aromatic N) is 3. The fraction of sp³-hybridized carbons (Fsp3) is 0.0435. The van der Waals surface area contributed by atoms with Gasteiger partial charge in [0.15, 0.2) is 5.75 Å². The highest BCUT2D eigenvalue weighted by Gasteiger charge is 2.36. The number of fused-ring (bicyclic) bond motifs is 3. The monoisotopic (exact) mass is 510 g/mol. The molecule has 35 heavy (non-hydrogen) atoms. The minimum absolute atomic E-state index is 0.142. The predicted octanol–water partition coefficient (Wildman–Crippen LogP) is 4.09. The van der Waals surface area contributed by atoms with Crippen molar-refractivity contribution >= 4 is 67.3 Å². The Bertz CT molecular complexity index is 1720. The van der Waals surface area contributed by atoms with Crippen LogP contribution in [0.5, 0.6) is 5.75 Å². The molecule has 0 fully saturated rings. The topological polar surface area (TPSA) is 166 Å². The lowest BCUT2D eigenvalue weighted by atomic mass is 10.1. The number of hydrogen-bond donors (Lipinski definition) is 4. The maximum atomic E-state index is 13.4. The molecule has 1 heterocycles. The van der Waals surface area contributed by atoms with Gasteiger partial charge in [0, 0.05) is 18.1 Å². The van der Waals surface area contributed by atoms with E-state index in [0.717, 1.165) is 6.07 Å². The number of anilines is 3. The van der Waals surface area contributed by atoms with Crippen molar-refractivity contribution in [3.63, 3.8) is 0 Å². The van der Waals surface area contributed by atoms with Gasteiger partial charge in [-0.15, -0.1) is 5.11 Å². The molecular weight excluding hydrogens is 491 g/mol. The Kier molecular flexibility index (Phi) is 5.19. The third kappa shape index (κ3) is 3.75. The van der Waals surface area contributed by atoms with Gasteiger partial charge in [-0.05, 0) is 60.0 Å². The first-order chi connectivity index (χ1) is 16.5. The van der Waals surface area contributed by atoms with Crippen molar-refractivity contribution < 1.29 is 27.5 Å². The Hall–Kier alpha value is -3.76. The molecule has 1 unspecified atom stereocenters. The first-order valence-corrected chi connectivity index (χ1v) is 13.3. The van der Waals surface area contributed by atoms with Crippen LogP contribution in [0.2, 0.25) is 0 Å². The van der Waals surface area contributed by atoms with E-state index in [1.54, 1.807) is 48.3 Å². The SMILES string of the molecule is CN1c2ccccc2P(=O)(O)c2cc(N=Nc3c(S(=O)(=O)O)cc4cc(N)ccc4c3O)ccc21. The highest BCUT2D eigenvalue weighted by atomic mass is 32.2. The molecule has 0 bridgehead atoms. The van der Waals surface area contributed by atoms with Gasteiger partial charge in [0.1, 0.15) is 10.6 Å². The maximum Gasteiger partial charge on any atom is 0.296 e. The maximum absolute atomic E-state index is 13.4. The predicted molar refractivity (Wildman–Crippen MR) is 134 cm³/mol. The van der Waals surface area contributed by atoms with Crippen LogP contribution < -0.4 is 21.2 Å². The van der Waals surface area contributed by atoms with Crippen LogP contribution in [0, 0.1) is 0 Å². The van der Waals surface area contributed by atoms with Crippen molar-refractivity contribution in [1.82, 2.24) is 0 Å². The van der Waals surface area contributed by atoms with Gasteiger partial charge in [0.05, 0.1) is 27.7 Å². The van der Waals surface area contributed by atoms with Crippen LogP contribution >= 0.6 is 7.37 Å². The summed E-state index contributed by atoms with van der Waals surface area (Å²) in [4.78, 5) is 12.1. The largest absolute Gasteiger partial charge is 0.505 e. The molecular formula is C23H19N4O6PS. The van der Waals surface area contributed by atoms with E-state index in [0.29, 0.717) is 17.1 Å². The Labute approximate surface area is 200 Å². The normalized spacial score (nSPS) is 17.5. The molecule has 0 aliphatic carbocycles. The quantitative estimate of drug-likeness (QED) is 0.138. The number of aromatic hydroxyl groups is 1. The van der Waals surface area contributed by atoms with E-state index in [4.69, 9.17) is 5.73 Å². The number of benzene rings is 4. The van der Waals surface area contributed by atoms with Crippen LogP contribution in [-0.2, 0) is 14.7 Å². The number of rotatable bonds is 3. The standard InChI is InChI=1S/C23H19N4O6PS/c1-27-17-4-2-3-5-19(17)34(29,30)20-12-15(7-9-18(20)27)25-26-22-21(35(31,32)33)11-13-10-14(24)6-8-16(13)23(22)28/h2-12,28H,24H2,1H3,(H,29,30)(H,31,32,33). The first kappa shape index (κ1) is 23.0. The molecule has 1 atom stereocenters. The number of nitrogens with two attached hydrogens (primary N) is 1. The molecule has 0 aromatic heterocycles. The van der Waals surface area contributed by atoms with Crippen molar-refractivity contribution in [3.8, 4) is 5.75 Å².